The Bertz CT molecular complexity index is 756. The van der Waals surface area contributed by atoms with Crippen molar-refractivity contribution in [1.82, 2.24) is 9.80 Å². The van der Waals surface area contributed by atoms with Crippen molar-refractivity contribution in [3.63, 3.8) is 0 Å². The molecule has 0 aromatic heterocycles. The zero-order valence-electron chi connectivity index (χ0n) is 18.0. The minimum atomic E-state index is -0.193. The smallest absolute Gasteiger partial charge is 0.123 e. The van der Waals surface area contributed by atoms with Gasteiger partial charge in [0.2, 0.25) is 0 Å². The van der Waals surface area contributed by atoms with E-state index >= 15 is 0 Å². The molecule has 1 saturated heterocycles. The molecule has 156 valence electrons. The SMILES string of the molecule is CCCCCCN1CCN(CC=C(C)c2ccc(-c3ccc(F)cc3)cc2)CC1. The van der Waals surface area contributed by atoms with Crippen molar-refractivity contribution in [2.75, 3.05) is 39.3 Å². The molecule has 0 saturated carbocycles. The maximum absolute atomic E-state index is 13.1. The van der Waals surface area contributed by atoms with Gasteiger partial charge >= 0.3 is 0 Å². The summed E-state index contributed by atoms with van der Waals surface area (Å²) in [6.07, 6.45) is 7.76. The third-order valence-electron chi connectivity index (χ3n) is 5.97. The number of piperazine rings is 1. The molecule has 0 spiro atoms. The normalized spacial score (nSPS) is 16.3. The first-order valence-electron chi connectivity index (χ1n) is 11.1. The molecular weight excluding hydrogens is 359 g/mol. The molecule has 2 aromatic carbocycles. The topological polar surface area (TPSA) is 6.48 Å². The number of unbranched alkanes of at least 4 members (excludes halogenated alkanes) is 3. The summed E-state index contributed by atoms with van der Waals surface area (Å²) in [7, 11) is 0. The van der Waals surface area contributed by atoms with Crippen LogP contribution in [0.4, 0.5) is 4.39 Å². The molecule has 29 heavy (non-hydrogen) atoms. The first-order chi connectivity index (χ1) is 14.2. The molecule has 0 unspecified atom stereocenters. The van der Waals surface area contributed by atoms with Gasteiger partial charge in [-0.25, -0.2) is 4.39 Å². The summed E-state index contributed by atoms with van der Waals surface area (Å²) in [5.41, 5.74) is 4.74. The van der Waals surface area contributed by atoms with E-state index in [-0.39, 0.29) is 5.82 Å². The van der Waals surface area contributed by atoms with Crippen LogP contribution in [0.5, 0.6) is 0 Å². The third kappa shape index (κ3) is 6.80. The van der Waals surface area contributed by atoms with Crippen LogP contribution in [-0.2, 0) is 0 Å². The van der Waals surface area contributed by atoms with E-state index in [1.807, 2.05) is 12.1 Å². The first-order valence-corrected chi connectivity index (χ1v) is 11.1. The number of halogens is 1. The lowest BCUT2D eigenvalue weighted by atomic mass is 10.0. The number of allylic oxidation sites excluding steroid dienone is 1. The van der Waals surface area contributed by atoms with E-state index in [1.54, 1.807) is 0 Å². The summed E-state index contributed by atoms with van der Waals surface area (Å²) in [6, 6.07) is 15.3. The molecule has 1 heterocycles. The Balaban J connectivity index is 1.46. The summed E-state index contributed by atoms with van der Waals surface area (Å²) in [5.74, 6) is -0.193. The van der Waals surface area contributed by atoms with Gasteiger partial charge in [0.1, 0.15) is 5.82 Å². The quantitative estimate of drug-likeness (QED) is 0.475. The van der Waals surface area contributed by atoms with Crippen molar-refractivity contribution in [2.24, 2.45) is 0 Å². The number of benzene rings is 2. The molecule has 2 nitrogen and oxygen atoms in total. The molecule has 1 aliphatic rings. The molecule has 0 radical (unpaired) electrons. The molecule has 1 fully saturated rings. The monoisotopic (exact) mass is 394 g/mol. The van der Waals surface area contributed by atoms with Crippen LogP contribution in [0.3, 0.4) is 0 Å². The average molecular weight is 395 g/mol. The van der Waals surface area contributed by atoms with Gasteiger partial charge in [-0.1, -0.05) is 68.7 Å². The molecule has 0 N–H and O–H groups in total. The molecule has 2 aromatic rings. The van der Waals surface area contributed by atoms with Gasteiger partial charge in [0, 0.05) is 32.7 Å². The molecule has 0 amide bonds. The van der Waals surface area contributed by atoms with Gasteiger partial charge in [-0.05, 0) is 54.3 Å². The van der Waals surface area contributed by atoms with Gasteiger partial charge in [0.15, 0.2) is 0 Å². The summed E-state index contributed by atoms with van der Waals surface area (Å²) >= 11 is 0. The summed E-state index contributed by atoms with van der Waals surface area (Å²) in [6.45, 7) is 11.5. The van der Waals surface area contributed by atoms with Gasteiger partial charge < -0.3 is 4.90 Å². The number of nitrogens with zero attached hydrogens (tertiary/aromatic N) is 2. The van der Waals surface area contributed by atoms with Crippen molar-refractivity contribution in [3.8, 4) is 11.1 Å². The van der Waals surface area contributed by atoms with E-state index < -0.39 is 0 Å². The largest absolute Gasteiger partial charge is 0.301 e. The Labute approximate surface area is 176 Å². The molecular formula is C26H35FN2. The van der Waals surface area contributed by atoms with Gasteiger partial charge in [-0.3, -0.25) is 4.90 Å². The van der Waals surface area contributed by atoms with Gasteiger partial charge in [-0.15, -0.1) is 0 Å². The maximum atomic E-state index is 13.1. The van der Waals surface area contributed by atoms with E-state index in [0.717, 1.165) is 17.7 Å². The molecule has 1 aliphatic heterocycles. The Kier molecular flexibility index (Phi) is 8.45. The predicted octanol–water partition coefficient (Wildman–Crippen LogP) is 6.09. The number of hydrogen-bond acceptors (Lipinski definition) is 2. The van der Waals surface area contributed by atoms with Crippen molar-refractivity contribution in [2.45, 2.75) is 39.5 Å². The van der Waals surface area contributed by atoms with Crippen LogP contribution in [0.1, 0.15) is 45.1 Å². The molecule has 0 atom stereocenters. The van der Waals surface area contributed by atoms with Gasteiger partial charge in [0.05, 0.1) is 0 Å². The van der Waals surface area contributed by atoms with Crippen molar-refractivity contribution in [3.05, 3.63) is 66.0 Å². The van der Waals surface area contributed by atoms with Crippen LogP contribution in [0.2, 0.25) is 0 Å². The van der Waals surface area contributed by atoms with E-state index in [1.165, 1.54) is 81.7 Å². The van der Waals surface area contributed by atoms with E-state index in [2.05, 4.69) is 54.0 Å². The van der Waals surface area contributed by atoms with Crippen LogP contribution in [0.15, 0.2) is 54.6 Å². The van der Waals surface area contributed by atoms with E-state index in [0.29, 0.717) is 0 Å². The van der Waals surface area contributed by atoms with Crippen LogP contribution in [-0.4, -0.2) is 49.1 Å². The molecule has 0 aliphatic carbocycles. The van der Waals surface area contributed by atoms with Crippen molar-refractivity contribution < 1.29 is 4.39 Å². The standard InChI is InChI=1S/C26H35FN2/c1-3-4-5-6-16-28-18-20-29(21-19-28)17-15-22(2)23-7-9-24(10-8-23)25-11-13-26(27)14-12-25/h7-15H,3-6,16-21H2,1-2H3. The maximum Gasteiger partial charge on any atom is 0.123 e. The van der Waals surface area contributed by atoms with E-state index in [4.69, 9.17) is 0 Å². The molecule has 0 bridgehead atoms. The van der Waals surface area contributed by atoms with Crippen LogP contribution < -0.4 is 0 Å². The summed E-state index contributed by atoms with van der Waals surface area (Å²) in [5, 5.41) is 0. The highest BCUT2D eigenvalue weighted by Gasteiger charge is 2.15. The highest BCUT2D eigenvalue weighted by Crippen LogP contribution is 2.23. The fraction of sp³-hybridized carbons (Fsp3) is 0.462. The van der Waals surface area contributed by atoms with Crippen molar-refractivity contribution >= 4 is 5.57 Å². The minimum Gasteiger partial charge on any atom is -0.301 e. The second kappa shape index (κ2) is 11.3. The fourth-order valence-electron chi connectivity index (χ4n) is 3.91. The second-order valence-electron chi connectivity index (χ2n) is 8.17. The van der Waals surface area contributed by atoms with Gasteiger partial charge in [0.25, 0.3) is 0 Å². The molecule has 3 heteroatoms. The predicted molar refractivity (Wildman–Crippen MR) is 123 cm³/mol. The summed E-state index contributed by atoms with van der Waals surface area (Å²) < 4.78 is 13.1. The highest BCUT2D eigenvalue weighted by molar-refractivity contribution is 5.69. The zero-order chi connectivity index (χ0) is 20.5. The third-order valence-corrected chi connectivity index (χ3v) is 5.97. The Morgan fingerprint density at radius 1 is 0.828 bits per heavy atom. The van der Waals surface area contributed by atoms with Crippen LogP contribution >= 0.6 is 0 Å². The number of rotatable bonds is 9. The lowest BCUT2D eigenvalue weighted by Gasteiger charge is -2.34. The Morgan fingerprint density at radius 3 is 2.03 bits per heavy atom. The minimum absolute atomic E-state index is 0.193. The molecule has 3 rings (SSSR count). The lowest BCUT2D eigenvalue weighted by Crippen LogP contribution is -2.46. The number of hydrogen-bond donors (Lipinski definition) is 0. The second-order valence-corrected chi connectivity index (χ2v) is 8.17. The van der Waals surface area contributed by atoms with Crippen LogP contribution in [0.25, 0.3) is 16.7 Å². The Hall–Kier alpha value is -1.97. The van der Waals surface area contributed by atoms with E-state index in [9.17, 15) is 4.39 Å². The lowest BCUT2D eigenvalue weighted by molar-refractivity contribution is 0.140. The average Bonchev–Trinajstić information content (AvgIpc) is 2.76. The van der Waals surface area contributed by atoms with Crippen molar-refractivity contribution in [1.29, 1.82) is 0 Å². The highest BCUT2D eigenvalue weighted by atomic mass is 19.1. The zero-order valence-corrected chi connectivity index (χ0v) is 18.0. The van der Waals surface area contributed by atoms with Crippen LogP contribution in [0, 0.1) is 5.82 Å². The fourth-order valence-corrected chi connectivity index (χ4v) is 3.91. The van der Waals surface area contributed by atoms with Gasteiger partial charge in [-0.2, -0.15) is 0 Å². The first kappa shape index (κ1) is 21.7. The Morgan fingerprint density at radius 2 is 1.41 bits per heavy atom. The summed E-state index contributed by atoms with van der Waals surface area (Å²) in [4.78, 5) is 5.18.